The van der Waals surface area contributed by atoms with E-state index >= 15 is 0 Å². The summed E-state index contributed by atoms with van der Waals surface area (Å²) in [6.45, 7) is 0. The highest BCUT2D eigenvalue weighted by Gasteiger charge is 2.31. The van der Waals surface area contributed by atoms with Crippen molar-refractivity contribution in [3.8, 4) is 0 Å². The fraction of sp³-hybridized carbons (Fsp3) is 0.333. The summed E-state index contributed by atoms with van der Waals surface area (Å²) < 4.78 is 0. The molecule has 1 aliphatic rings. The summed E-state index contributed by atoms with van der Waals surface area (Å²) in [4.78, 5) is 29.1. The maximum Gasteiger partial charge on any atom is 0.321 e. The predicted octanol–water partition coefficient (Wildman–Crippen LogP) is 3.72. The Morgan fingerprint density at radius 3 is 2.04 bits per heavy atom. The average molecular weight is 351 g/mol. The van der Waals surface area contributed by atoms with E-state index in [1.165, 1.54) is 11.3 Å². The highest BCUT2D eigenvalue weighted by Crippen LogP contribution is 2.28. The van der Waals surface area contributed by atoms with E-state index in [9.17, 15) is 9.59 Å². The SMILES string of the molecule is CN(C(=O)C(=O)N(c1ccccc1)c1ccc(N)cc1)C1CCCCC1. The van der Waals surface area contributed by atoms with Gasteiger partial charge in [-0.25, -0.2) is 0 Å². The van der Waals surface area contributed by atoms with Gasteiger partial charge in [0.1, 0.15) is 0 Å². The summed E-state index contributed by atoms with van der Waals surface area (Å²) in [7, 11) is 1.74. The maximum atomic E-state index is 13.1. The molecule has 136 valence electrons. The third-order valence-electron chi connectivity index (χ3n) is 4.99. The molecular formula is C21H25N3O2. The third-order valence-corrected chi connectivity index (χ3v) is 4.99. The van der Waals surface area contributed by atoms with Crippen molar-refractivity contribution in [1.82, 2.24) is 4.90 Å². The molecule has 0 spiro atoms. The normalized spacial score (nSPS) is 14.7. The van der Waals surface area contributed by atoms with Crippen molar-refractivity contribution in [2.45, 2.75) is 38.1 Å². The lowest BCUT2D eigenvalue weighted by atomic mass is 9.94. The zero-order chi connectivity index (χ0) is 18.5. The topological polar surface area (TPSA) is 66.6 Å². The van der Waals surface area contributed by atoms with Gasteiger partial charge in [0, 0.05) is 30.2 Å². The number of hydrogen-bond acceptors (Lipinski definition) is 3. The number of nitrogens with zero attached hydrogens (tertiary/aromatic N) is 2. The minimum absolute atomic E-state index is 0.143. The van der Waals surface area contributed by atoms with E-state index in [-0.39, 0.29) is 6.04 Å². The Morgan fingerprint density at radius 1 is 0.846 bits per heavy atom. The highest BCUT2D eigenvalue weighted by molar-refractivity contribution is 6.42. The van der Waals surface area contributed by atoms with Crippen molar-refractivity contribution < 1.29 is 9.59 Å². The van der Waals surface area contributed by atoms with Crippen LogP contribution in [-0.4, -0.2) is 29.8 Å². The summed E-state index contributed by atoms with van der Waals surface area (Å²) in [6.07, 6.45) is 5.34. The van der Waals surface area contributed by atoms with Gasteiger partial charge in [-0.3, -0.25) is 14.5 Å². The largest absolute Gasteiger partial charge is 0.399 e. The van der Waals surface area contributed by atoms with Crippen LogP contribution >= 0.6 is 0 Å². The van der Waals surface area contributed by atoms with E-state index < -0.39 is 11.8 Å². The third kappa shape index (κ3) is 3.87. The molecule has 0 saturated heterocycles. The van der Waals surface area contributed by atoms with E-state index in [2.05, 4.69) is 0 Å². The number of anilines is 3. The molecule has 2 N–H and O–H groups in total. The van der Waals surface area contributed by atoms with Crippen LogP contribution in [0.15, 0.2) is 54.6 Å². The Kier molecular flexibility index (Phi) is 5.56. The van der Waals surface area contributed by atoms with Crippen LogP contribution in [0.2, 0.25) is 0 Å². The molecule has 2 aromatic carbocycles. The van der Waals surface area contributed by atoms with Crippen LogP contribution in [0.5, 0.6) is 0 Å². The van der Waals surface area contributed by atoms with Gasteiger partial charge < -0.3 is 10.6 Å². The fourth-order valence-electron chi connectivity index (χ4n) is 3.46. The first-order chi connectivity index (χ1) is 12.6. The molecule has 5 heteroatoms. The van der Waals surface area contributed by atoms with Gasteiger partial charge in [-0.2, -0.15) is 0 Å². The molecule has 0 heterocycles. The molecule has 2 amide bonds. The van der Waals surface area contributed by atoms with Crippen LogP contribution in [0.4, 0.5) is 17.1 Å². The van der Waals surface area contributed by atoms with Gasteiger partial charge in [0.2, 0.25) is 0 Å². The molecule has 0 aliphatic heterocycles. The van der Waals surface area contributed by atoms with E-state index in [1.54, 1.807) is 36.2 Å². The molecule has 0 atom stereocenters. The van der Waals surface area contributed by atoms with Gasteiger partial charge in [-0.15, -0.1) is 0 Å². The number of hydrogen-bond donors (Lipinski definition) is 1. The van der Waals surface area contributed by atoms with Gasteiger partial charge in [0.15, 0.2) is 0 Å². The second kappa shape index (κ2) is 8.04. The lowest BCUT2D eigenvalue weighted by Crippen LogP contribution is -2.46. The number of likely N-dealkylation sites (N-methyl/N-ethyl adjacent to an activating group) is 1. The summed E-state index contributed by atoms with van der Waals surface area (Å²) in [5.41, 5.74) is 7.67. The molecule has 2 aromatic rings. The summed E-state index contributed by atoms with van der Waals surface area (Å²) in [6, 6.07) is 16.3. The Bertz CT molecular complexity index is 753. The Hall–Kier alpha value is -2.82. The van der Waals surface area contributed by atoms with Crippen LogP contribution < -0.4 is 10.6 Å². The molecule has 1 fully saturated rings. The minimum atomic E-state index is -0.547. The summed E-state index contributed by atoms with van der Waals surface area (Å²) >= 11 is 0. The molecule has 0 radical (unpaired) electrons. The van der Waals surface area contributed by atoms with Gasteiger partial charge >= 0.3 is 11.8 Å². The second-order valence-corrected chi connectivity index (χ2v) is 6.78. The smallest absolute Gasteiger partial charge is 0.321 e. The Balaban J connectivity index is 1.89. The monoisotopic (exact) mass is 351 g/mol. The summed E-state index contributed by atoms with van der Waals surface area (Å²) in [5.74, 6) is -1.02. The van der Waals surface area contributed by atoms with E-state index in [4.69, 9.17) is 5.73 Å². The van der Waals surface area contributed by atoms with Crippen molar-refractivity contribution in [2.75, 3.05) is 17.7 Å². The molecule has 3 rings (SSSR count). The van der Waals surface area contributed by atoms with Crippen molar-refractivity contribution in [3.05, 3.63) is 54.6 Å². The molecule has 0 aromatic heterocycles. The van der Waals surface area contributed by atoms with Crippen LogP contribution in [0, 0.1) is 0 Å². The molecular weight excluding hydrogens is 326 g/mol. The van der Waals surface area contributed by atoms with Gasteiger partial charge in [-0.1, -0.05) is 37.5 Å². The molecule has 26 heavy (non-hydrogen) atoms. The molecule has 0 unspecified atom stereocenters. The number of rotatable bonds is 3. The molecule has 1 aliphatic carbocycles. The molecule has 0 bridgehead atoms. The number of para-hydroxylation sites is 1. The summed E-state index contributed by atoms with van der Waals surface area (Å²) in [5, 5.41) is 0. The zero-order valence-electron chi connectivity index (χ0n) is 15.1. The van der Waals surface area contributed by atoms with Crippen LogP contribution in [0.1, 0.15) is 32.1 Å². The first kappa shape index (κ1) is 18.0. The standard InChI is InChI=1S/C21H25N3O2/c1-23(17-8-4-2-5-9-17)20(25)21(26)24(18-10-6-3-7-11-18)19-14-12-16(22)13-15-19/h3,6-7,10-15,17H,2,4-5,8-9,22H2,1H3. The first-order valence-corrected chi connectivity index (χ1v) is 9.10. The van der Waals surface area contributed by atoms with Crippen LogP contribution in [0.25, 0.3) is 0 Å². The van der Waals surface area contributed by atoms with Crippen LogP contribution in [0.3, 0.4) is 0 Å². The first-order valence-electron chi connectivity index (χ1n) is 9.10. The zero-order valence-corrected chi connectivity index (χ0v) is 15.1. The number of carbonyl (C=O) groups is 2. The molecule has 1 saturated carbocycles. The fourth-order valence-corrected chi connectivity index (χ4v) is 3.46. The van der Waals surface area contributed by atoms with E-state index in [1.807, 2.05) is 30.3 Å². The maximum absolute atomic E-state index is 13.1. The molecule has 5 nitrogen and oxygen atoms in total. The predicted molar refractivity (Wildman–Crippen MR) is 104 cm³/mol. The van der Waals surface area contributed by atoms with Gasteiger partial charge in [0.25, 0.3) is 0 Å². The van der Waals surface area contributed by atoms with Crippen molar-refractivity contribution in [3.63, 3.8) is 0 Å². The van der Waals surface area contributed by atoms with Crippen molar-refractivity contribution in [2.24, 2.45) is 0 Å². The number of carbonyl (C=O) groups excluding carboxylic acids is 2. The average Bonchev–Trinajstić information content (AvgIpc) is 2.70. The van der Waals surface area contributed by atoms with Crippen LogP contribution in [-0.2, 0) is 9.59 Å². The van der Waals surface area contributed by atoms with Gasteiger partial charge in [0.05, 0.1) is 0 Å². The quantitative estimate of drug-likeness (QED) is 0.677. The second-order valence-electron chi connectivity index (χ2n) is 6.78. The number of nitrogens with two attached hydrogens (primary N) is 1. The van der Waals surface area contributed by atoms with Gasteiger partial charge in [-0.05, 0) is 49.2 Å². The highest BCUT2D eigenvalue weighted by atomic mass is 16.2. The van der Waals surface area contributed by atoms with Crippen molar-refractivity contribution >= 4 is 28.9 Å². The number of nitrogen functional groups attached to an aromatic ring is 1. The minimum Gasteiger partial charge on any atom is -0.399 e. The number of benzene rings is 2. The van der Waals surface area contributed by atoms with E-state index in [0.29, 0.717) is 17.1 Å². The van der Waals surface area contributed by atoms with Crippen molar-refractivity contribution in [1.29, 1.82) is 0 Å². The Labute approximate surface area is 154 Å². The number of amides is 2. The van der Waals surface area contributed by atoms with E-state index in [0.717, 1.165) is 25.7 Å². The lowest BCUT2D eigenvalue weighted by molar-refractivity contribution is -0.145. The lowest BCUT2D eigenvalue weighted by Gasteiger charge is -2.32. The Morgan fingerprint density at radius 2 is 1.42 bits per heavy atom.